The van der Waals surface area contributed by atoms with Crippen molar-refractivity contribution >= 4 is 17.5 Å². The van der Waals surface area contributed by atoms with Crippen molar-refractivity contribution in [3.63, 3.8) is 0 Å². The number of nitrogen functional groups attached to an aromatic ring is 1. The lowest BCUT2D eigenvalue weighted by molar-refractivity contribution is -0.0392. The topological polar surface area (TPSA) is 85.4 Å². The second kappa shape index (κ2) is 9.02. The zero-order chi connectivity index (χ0) is 23.8. The molecule has 2 aliphatic heterocycles. The molecule has 3 heterocycles. The normalized spacial score (nSPS) is 17.6. The molecule has 7 nitrogen and oxygen atoms in total. The number of aromatic nitrogens is 2. The quantitative estimate of drug-likeness (QED) is 0.586. The number of hydrogen-bond donors (Lipinski definition) is 2. The molecule has 10 heteroatoms. The first-order valence-corrected chi connectivity index (χ1v) is 11.2. The van der Waals surface area contributed by atoms with Gasteiger partial charge < -0.3 is 15.8 Å². The fourth-order valence-electron chi connectivity index (χ4n) is 4.51. The molecule has 1 saturated heterocycles. The number of anilines is 2. The van der Waals surface area contributed by atoms with E-state index in [1.54, 1.807) is 16.9 Å². The molecule has 34 heavy (non-hydrogen) atoms. The molecule has 0 radical (unpaired) electrons. The Morgan fingerprint density at radius 3 is 2.65 bits per heavy atom. The third kappa shape index (κ3) is 4.33. The van der Waals surface area contributed by atoms with Crippen LogP contribution in [-0.4, -0.2) is 29.0 Å². The number of nitrogens with one attached hydrogen (secondary N) is 1. The molecule has 0 saturated carbocycles. The minimum absolute atomic E-state index is 0.0567. The van der Waals surface area contributed by atoms with Crippen molar-refractivity contribution in [1.29, 1.82) is 0 Å². The molecule has 5 rings (SSSR count). The van der Waals surface area contributed by atoms with Crippen LogP contribution in [0.2, 0.25) is 0 Å². The zero-order valence-corrected chi connectivity index (χ0v) is 18.4. The molecule has 3 N–H and O–H groups in total. The van der Waals surface area contributed by atoms with Crippen LogP contribution in [0.1, 0.15) is 36.6 Å². The number of ether oxygens (including phenoxy) is 1. The summed E-state index contributed by atoms with van der Waals surface area (Å²) in [5, 5.41) is 6.96. The molecule has 3 aromatic rings. The second-order valence-electron chi connectivity index (χ2n) is 8.53. The number of benzene rings is 2. The standard InChI is InChI=1S/C24H24F3N5O2/c25-16-7-14(8-17(26)10-16)12-29-24(33)31-5-4-15-9-18(20(27)11-21(15)31)19-13-32(30-23(19)28)22-3-1-2-6-34-22/h7-11,13,22H,1-6,12H2,(H2,28,30)(H,29,33). The number of hydrogen-bond acceptors (Lipinski definition) is 4. The van der Waals surface area contributed by atoms with Crippen molar-refractivity contribution < 1.29 is 22.7 Å². The summed E-state index contributed by atoms with van der Waals surface area (Å²) in [5.41, 5.74) is 8.43. The summed E-state index contributed by atoms with van der Waals surface area (Å²) in [4.78, 5) is 14.1. The molecular formula is C24H24F3N5O2. The molecule has 0 bridgehead atoms. The summed E-state index contributed by atoms with van der Waals surface area (Å²) in [7, 11) is 0. The van der Waals surface area contributed by atoms with Gasteiger partial charge in [0.05, 0.1) is 5.69 Å². The highest BCUT2D eigenvalue weighted by Gasteiger charge is 2.28. The van der Waals surface area contributed by atoms with Crippen molar-refractivity contribution in [2.24, 2.45) is 0 Å². The summed E-state index contributed by atoms with van der Waals surface area (Å²) in [6.45, 7) is 0.949. The number of amides is 2. The van der Waals surface area contributed by atoms with E-state index in [4.69, 9.17) is 10.5 Å². The lowest BCUT2D eigenvalue weighted by atomic mass is 10.0. The van der Waals surface area contributed by atoms with Gasteiger partial charge in [0.25, 0.3) is 0 Å². The van der Waals surface area contributed by atoms with E-state index in [0.29, 0.717) is 42.0 Å². The fourth-order valence-corrected chi connectivity index (χ4v) is 4.51. The average molecular weight is 471 g/mol. The molecule has 1 atom stereocenters. The Morgan fingerprint density at radius 1 is 1.12 bits per heavy atom. The minimum Gasteiger partial charge on any atom is -0.382 e. The number of fused-ring (bicyclic) bond motifs is 1. The fraction of sp³-hybridized carbons (Fsp3) is 0.333. The van der Waals surface area contributed by atoms with E-state index in [-0.39, 0.29) is 18.6 Å². The van der Waals surface area contributed by atoms with Gasteiger partial charge in [-0.1, -0.05) is 0 Å². The van der Waals surface area contributed by atoms with Crippen LogP contribution >= 0.6 is 0 Å². The van der Waals surface area contributed by atoms with Crippen LogP contribution in [-0.2, 0) is 17.7 Å². The van der Waals surface area contributed by atoms with E-state index in [9.17, 15) is 13.6 Å². The average Bonchev–Trinajstić information content (AvgIpc) is 3.40. The molecule has 2 aliphatic rings. The Labute approximate surface area is 194 Å². The number of urea groups is 1. The first-order valence-electron chi connectivity index (χ1n) is 11.2. The first kappa shape index (κ1) is 22.3. The zero-order valence-electron chi connectivity index (χ0n) is 18.4. The van der Waals surface area contributed by atoms with Crippen LogP contribution in [0.3, 0.4) is 0 Å². The molecule has 1 unspecified atom stereocenters. The number of rotatable bonds is 4. The largest absolute Gasteiger partial charge is 0.382 e. The maximum Gasteiger partial charge on any atom is 0.322 e. The summed E-state index contributed by atoms with van der Waals surface area (Å²) in [6, 6.07) is 5.59. The van der Waals surface area contributed by atoms with Crippen molar-refractivity contribution in [3.05, 3.63) is 65.1 Å². The van der Waals surface area contributed by atoms with E-state index in [1.165, 1.54) is 11.0 Å². The summed E-state index contributed by atoms with van der Waals surface area (Å²) < 4.78 is 49.3. The Morgan fingerprint density at radius 2 is 1.91 bits per heavy atom. The Balaban J connectivity index is 1.34. The summed E-state index contributed by atoms with van der Waals surface area (Å²) in [6.07, 6.45) is 4.87. The van der Waals surface area contributed by atoms with Crippen LogP contribution in [0.15, 0.2) is 36.5 Å². The predicted molar refractivity (Wildman–Crippen MR) is 121 cm³/mol. The van der Waals surface area contributed by atoms with Gasteiger partial charge in [0.15, 0.2) is 5.82 Å². The molecule has 178 valence electrons. The Kier molecular flexibility index (Phi) is 5.91. The van der Waals surface area contributed by atoms with Gasteiger partial charge in [-0.05, 0) is 61.1 Å². The van der Waals surface area contributed by atoms with Crippen LogP contribution in [0.4, 0.5) is 29.5 Å². The van der Waals surface area contributed by atoms with E-state index in [0.717, 1.165) is 43.0 Å². The highest BCUT2D eigenvalue weighted by molar-refractivity contribution is 5.95. The van der Waals surface area contributed by atoms with Gasteiger partial charge in [0, 0.05) is 43.1 Å². The maximum atomic E-state index is 15.2. The smallest absolute Gasteiger partial charge is 0.322 e. The van der Waals surface area contributed by atoms with Crippen LogP contribution in [0.25, 0.3) is 11.1 Å². The number of halogens is 3. The molecule has 2 aromatic carbocycles. The molecular weight excluding hydrogens is 447 g/mol. The van der Waals surface area contributed by atoms with Gasteiger partial charge >= 0.3 is 6.03 Å². The highest BCUT2D eigenvalue weighted by Crippen LogP contribution is 2.37. The van der Waals surface area contributed by atoms with Crippen LogP contribution < -0.4 is 16.0 Å². The minimum atomic E-state index is -0.719. The summed E-state index contributed by atoms with van der Waals surface area (Å²) >= 11 is 0. The van der Waals surface area contributed by atoms with Gasteiger partial charge in [0.2, 0.25) is 0 Å². The Hall–Kier alpha value is -3.53. The van der Waals surface area contributed by atoms with Gasteiger partial charge in [-0.2, -0.15) is 5.10 Å². The SMILES string of the molecule is Nc1nn(C2CCCCO2)cc1-c1cc2c(cc1F)N(C(=O)NCc1cc(F)cc(F)c1)CC2. The van der Waals surface area contributed by atoms with E-state index in [2.05, 4.69) is 10.4 Å². The predicted octanol–water partition coefficient (Wildman–Crippen LogP) is 4.52. The molecule has 0 spiro atoms. The molecule has 0 aliphatic carbocycles. The lowest BCUT2D eigenvalue weighted by Gasteiger charge is -2.22. The van der Waals surface area contributed by atoms with Gasteiger partial charge in [-0.25, -0.2) is 22.6 Å². The Bertz CT molecular complexity index is 1220. The molecule has 1 aromatic heterocycles. The van der Waals surface area contributed by atoms with Gasteiger partial charge in [-0.3, -0.25) is 4.90 Å². The number of carbonyl (C=O) groups is 1. The number of carbonyl (C=O) groups excluding carboxylic acids is 1. The van der Waals surface area contributed by atoms with Gasteiger partial charge in [0.1, 0.15) is 23.7 Å². The van der Waals surface area contributed by atoms with Crippen molar-refractivity contribution in [3.8, 4) is 11.1 Å². The van der Waals surface area contributed by atoms with Crippen LogP contribution in [0.5, 0.6) is 0 Å². The molecule has 2 amide bonds. The lowest BCUT2D eigenvalue weighted by Crippen LogP contribution is -2.38. The first-order chi connectivity index (χ1) is 16.4. The summed E-state index contributed by atoms with van der Waals surface area (Å²) in [5.74, 6) is -1.75. The van der Waals surface area contributed by atoms with E-state index in [1.807, 2.05) is 0 Å². The highest BCUT2D eigenvalue weighted by atomic mass is 19.1. The number of nitrogens with zero attached hydrogens (tertiary/aromatic N) is 3. The second-order valence-corrected chi connectivity index (χ2v) is 8.53. The van der Waals surface area contributed by atoms with E-state index >= 15 is 4.39 Å². The van der Waals surface area contributed by atoms with E-state index < -0.39 is 23.5 Å². The number of nitrogens with two attached hydrogens (primary N) is 1. The third-order valence-corrected chi connectivity index (χ3v) is 6.18. The third-order valence-electron chi connectivity index (χ3n) is 6.18. The van der Waals surface area contributed by atoms with Crippen molar-refractivity contribution in [2.45, 2.75) is 38.5 Å². The van der Waals surface area contributed by atoms with Crippen molar-refractivity contribution in [1.82, 2.24) is 15.1 Å². The maximum absolute atomic E-state index is 15.2. The van der Waals surface area contributed by atoms with Crippen molar-refractivity contribution in [2.75, 3.05) is 23.8 Å². The van der Waals surface area contributed by atoms with Crippen LogP contribution in [0, 0.1) is 17.5 Å². The van der Waals surface area contributed by atoms with Gasteiger partial charge in [-0.15, -0.1) is 0 Å². The monoisotopic (exact) mass is 471 g/mol. The molecule has 1 fully saturated rings.